The molecular weight excluding hydrogens is 252 g/mol. The lowest BCUT2D eigenvalue weighted by atomic mass is 9.79. The molecule has 4 heteroatoms. The summed E-state index contributed by atoms with van der Waals surface area (Å²) in [6.45, 7) is 6.77. The van der Waals surface area contributed by atoms with E-state index >= 15 is 0 Å². The highest BCUT2D eigenvalue weighted by atomic mass is 16.5. The second kappa shape index (κ2) is 6.44. The van der Waals surface area contributed by atoms with Crippen molar-refractivity contribution in [1.29, 1.82) is 0 Å². The number of pyridine rings is 1. The molecule has 2 N–H and O–H groups in total. The summed E-state index contributed by atoms with van der Waals surface area (Å²) in [5, 5.41) is 13.8. The van der Waals surface area contributed by atoms with Gasteiger partial charge in [0.2, 0.25) is 0 Å². The molecule has 4 nitrogen and oxygen atoms in total. The van der Waals surface area contributed by atoms with Crippen molar-refractivity contribution in [2.75, 3.05) is 11.9 Å². The summed E-state index contributed by atoms with van der Waals surface area (Å²) >= 11 is 0. The number of rotatable bonds is 5. The van der Waals surface area contributed by atoms with Gasteiger partial charge in [-0.1, -0.05) is 6.92 Å². The van der Waals surface area contributed by atoms with E-state index in [1.165, 1.54) is 0 Å². The van der Waals surface area contributed by atoms with Crippen LogP contribution in [0.25, 0.3) is 0 Å². The van der Waals surface area contributed by atoms with Gasteiger partial charge in [0.1, 0.15) is 0 Å². The summed E-state index contributed by atoms with van der Waals surface area (Å²) in [6.07, 6.45) is 5.75. The number of aliphatic hydroxyl groups is 1. The molecule has 0 atom stereocenters. The van der Waals surface area contributed by atoms with Crippen molar-refractivity contribution in [3.05, 3.63) is 18.3 Å². The van der Waals surface area contributed by atoms with Crippen LogP contribution in [0, 0.1) is 5.92 Å². The topological polar surface area (TPSA) is 54.4 Å². The zero-order valence-corrected chi connectivity index (χ0v) is 12.7. The number of ether oxygens (including phenoxy) is 1. The maximum atomic E-state index is 10.6. The Kier molecular flexibility index (Phi) is 4.86. The Morgan fingerprint density at radius 1 is 1.45 bits per heavy atom. The highest BCUT2D eigenvalue weighted by molar-refractivity contribution is 5.49. The molecule has 112 valence electrons. The Morgan fingerprint density at radius 2 is 2.15 bits per heavy atom. The van der Waals surface area contributed by atoms with Gasteiger partial charge in [-0.25, -0.2) is 4.98 Å². The van der Waals surface area contributed by atoms with Crippen molar-refractivity contribution in [3.8, 4) is 5.75 Å². The van der Waals surface area contributed by atoms with Gasteiger partial charge < -0.3 is 15.2 Å². The van der Waals surface area contributed by atoms with Crippen LogP contribution in [0.4, 0.5) is 5.82 Å². The lowest BCUT2D eigenvalue weighted by Crippen LogP contribution is -2.40. The summed E-state index contributed by atoms with van der Waals surface area (Å²) in [5.74, 6) is 2.19. The molecule has 1 saturated carbocycles. The summed E-state index contributed by atoms with van der Waals surface area (Å²) < 4.78 is 5.73. The van der Waals surface area contributed by atoms with Crippen molar-refractivity contribution in [2.45, 2.75) is 58.2 Å². The number of nitrogens with one attached hydrogen (secondary N) is 1. The van der Waals surface area contributed by atoms with E-state index in [4.69, 9.17) is 4.74 Å². The molecule has 0 saturated heterocycles. The summed E-state index contributed by atoms with van der Waals surface area (Å²) in [6, 6.07) is 3.77. The number of hydrogen-bond donors (Lipinski definition) is 2. The molecule has 1 aliphatic carbocycles. The average molecular weight is 278 g/mol. The third-order valence-electron chi connectivity index (χ3n) is 3.92. The first kappa shape index (κ1) is 15.1. The monoisotopic (exact) mass is 278 g/mol. The molecule has 0 aromatic carbocycles. The van der Waals surface area contributed by atoms with Crippen molar-refractivity contribution in [2.24, 2.45) is 5.92 Å². The first-order chi connectivity index (χ1) is 9.48. The van der Waals surface area contributed by atoms with Gasteiger partial charge in [0.05, 0.1) is 11.7 Å². The molecule has 0 radical (unpaired) electrons. The average Bonchev–Trinajstić information content (AvgIpc) is 2.41. The van der Waals surface area contributed by atoms with Crippen molar-refractivity contribution in [3.63, 3.8) is 0 Å². The van der Waals surface area contributed by atoms with Crippen LogP contribution in [0.1, 0.15) is 46.5 Å². The van der Waals surface area contributed by atoms with Crippen LogP contribution in [-0.4, -0.2) is 28.3 Å². The Bertz CT molecular complexity index is 426. The minimum absolute atomic E-state index is 0.110. The third kappa shape index (κ3) is 4.10. The fourth-order valence-corrected chi connectivity index (χ4v) is 2.60. The van der Waals surface area contributed by atoms with Gasteiger partial charge in [-0.05, 0) is 57.6 Å². The van der Waals surface area contributed by atoms with Crippen LogP contribution < -0.4 is 10.1 Å². The van der Waals surface area contributed by atoms with E-state index in [-0.39, 0.29) is 6.10 Å². The van der Waals surface area contributed by atoms with Crippen LogP contribution in [0.15, 0.2) is 18.3 Å². The fourth-order valence-electron chi connectivity index (χ4n) is 2.60. The normalized spacial score (nSPS) is 26.6. The molecule has 0 unspecified atom stereocenters. The van der Waals surface area contributed by atoms with Gasteiger partial charge >= 0.3 is 0 Å². The van der Waals surface area contributed by atoms with Crippen molar-refractivity contribution in [1.82, 2.24) is 4.98 Å². The quantitative estimate of drug-likeness (QED) is 0.868. The standard InChI is InChI=1S/C16H26N2O2/c1-12(2)20-14-5-4-10-17-15(14)18-11-16(19)8-6-13(3)7-9-16/h4-5,10,12-13,19H,6-9,11H2,1-3H3,(H,17,18). The van der Waals surface area contributed by atoms with E-state index in [9.17, 15) is 5.11 Å². The minimum atomic E-state index is -0.612. The number of anilines is 1. The van der Waals surface area contributed by atoms with Gasteiger partial charge in [-0.15, -0.1) is 0 Å². The van der Waals surface area contributed by atoms with Crippen molar-refractivity contribution < 1.29 is 9.84 Å². The largest absolute Gasteiger partial charge is 0.487 e. The first-order valence-corrected chi connectivity index (χ1v) is 7.56. The molecule has 0 bridgehead atoms. The van der Waals surface area contributed by atoms with Crippen LogP contribution in [0.2, 0.25) is 0 Å². The molecular formula is C16H26N2O2. The van der Waals surface area contributed by atoms with Gasteiger partial charge in [0.15, 0.2) is 11.6 Å². The van der Waals surface area contributed by atoms with Gasteiger partial charge in [0.25, 0.3) is 0 Å². The predicted molar refractivity (Wildman–Crippen MR) is 81.1 cm³/mol. The minimum Gasteiger partial charge on any atom is -0.487 e. The first-order valence-electron chi connectivity index (χ1n) is 7.56. The Balaban J connectivity index is 1.96. The molecule has 0 spiro atoms. The van der Waals surface area contributed by atoms with Crippen LogP contribution in [-0.2, 0) is 0 Å². The van der Waals surface area contributed by atoms with Gasteiger partial charge in [-0.2, -0.15) is 0 Å². The number of nitrogens with zero attached hydrogens (tertiary/aromatic N) is 1. The van der Waals surface area contributed by atoms with E-state index in [1.807, 2.05) is 26.0 Å². The van der Waals surface area contributed by atoms with Crippen LogP contribution >= 0.6 is 0 Å². The molecule has 0 amide bonds. The Hall–Kier alpha value is -1.29. The second-order valence-electron chi connectivity index (χ2n) is 6.28. The SMILES string of the molecule is CC1CCC(O)(CNc2ncccc2OC(C)C)CC1. The summed E-state index contributed by atoms with van der Waals surface area (Å²) in [7, 11) is 0. The van der Waals surface area contributed by atoms with Gasteiger partial charge in [-0.3, -0.25) is 0 Å². The zero-order chi connectivity index (χ0) is 14.6. The zero-order valence-electron chi connectivity index (χ0n) is 12.7. The summed E-state index contributed by atoms with van der Waals surface area (Å²) in [5.41, 5.74) is -0.612. The van der Waals surface area contributed by atoms with Crippen LogP contribution in [0.3, 0.4) is 0 Å². The molecule has 1 aliphatic rings. The van der Waals surface area contributed by atoms with E-state index in [1.54, 1.807) is 6.20 Å². The smallest absolute Gasteiger partial charge is 0.168 e. The van der Waals surface area contributed by atoms with Gasteiger partial charge in [0, 0.05) is 12.7 Å². The van der Waals surface area contributed by atoms with E-state index < -0.39 is 5.60 Å². The van der Waals surface area contributed by atoms with E-state index in [0.29, 0.717) is 12.4 Å². The molecule has 0 aliphatic heterocycles. The molecule has 20 heavy (non-hydrogen) atoms. The molecule has 1 aromatic heterocycles. The maximum Gasteiger partial charge on any atom is 0.168 e. The molecule has 1 aromatic rings. The number of aromatic nitrogens is 1. The number of hydrogen-bond acceptors (Lipinski definition) is 4. The Morgan fingerprint density at radius 3 is 2.80 bits per heavy atom. The second-order valence-corrected chi connectivity index (χ2v) is 6.28. The third-order valence-corrected chi connectivity index (χ3v) is 3.92. The highest BCUT2D eigenvalue weighted by Gasteiger charge is 2.31. The fraction of sp³-hybridized carbons (Fsp3) is 0.688. The lowest BCUT2D eigenvalue weighted by molar-refractivity contribution is 0.00490. The predicted octanol–water partition coefficient (Wildman–Crippen LogP) is 3.22. The van der Waals surface area contributed by atoms with E-state index in [0.717, 1.165) is 37.4 Å². The van der Waals surface area contributed by atoms with Crippen LogP contribution in [0.5, 0.6) is 5.75 Å². The lowest BCUT2D eigenvalue weighted by Gasteiger charge is -2.35. The Labute approximate surface area is 121 Å². The maximum absolute atomic E-state index is 10.6. The molecule has 1 fully saturated rings. The highest BCUT2D eigenvalue weighted by Crippen LogP contribution is 2.32. The summed E-state index contributed by atoms with van der Waals surface area (Å²) in [4.78, 5) is 4.31. The van der Waals surface area contributed by atoms with E-state index in [2.05, 4.69) is 17.2 Å². The molecule has 1 heterocycles. The molecule has 2 rings (SSSR count). The van der Waals surface area contributed by atoms with Crippen molar-refractivity contribution >= 4 is 5.82 Å².